The largest absolute Gasteiger partial charge is 0.453 e. The van der Waals surface area contributed by atoms with E-state index in [0.717, 1.165) is 94.8 Å². The third-order valence-electron chi connectivity index (χ3n) is 11.3. The molecule has 4 nitrogen and oxygen atoms in total. The molecule has 0 fully saturated rings. The number of pyridine rings is 1. The molecular weight excluding hydrogens is 743 g/mol. The van der Waals surface area contributed by atoms with Crippen molar-refractivity contribution in [3.63, 3.8) is 0 Å². The minimum atomic E-state index is 0.666. The van der Waals surface area contributed by atoms with Gasteiger partial charge in [-0.15, -0.1) is 0 Å². The van der Waals surface area contributed by atoms with Gasteiger partial charge in [0.25, 0.3) is 0 Å². The van der Waals surface area contributed by atoms with Gasteiger partial charge in [-0.05, 0) is 39.9 Å². The lowest BCUT2D eigenvalue weighted by Crippen LogP contribution is -1.96. The number of para-hydroxylation sites is 1. The summed E-state index contributed by atoms with van der Waals surface area (Å²) < 4.78 is 7.03. The third kappa shape index (κ3) is 6.86. The van der Waals surface area contributed by atoms with Crippen molar-refractivity contribution in [3.8, 4) is 89.9 Å². The summed E-state index contributed by atoms with van der Waals surface area (Å²) in [4.78, 5) is 15.5. The second-order valence-corrected chi connectivity index (χ2v) is 15.1. The first kappa shape index (κ1) is 35.9. The van der Waals surface area contributed by atoms with E-state index in [1.165, 1.54) is 11.1 Å². The summed E-state index contributed by atoms with van der Waals surface area (Å²) in [6.07, 6.45) is 0. The quantitative estimate of drug-likeness (QED) is 0.154. The van der Waals surface area contributed by atoms with Crippen LogP contribution in [0.15, 0.2) is 229 Å². The third-order valence-corrected chi connectivity index (χ3v) is 11.3. The fraction of sp³-hybridized carbons (Fsp3) is 0. The first-order chi connectivity index (χ1) is 30.2. The molecule has 0 amide bonds. The maximum atomic E-state index is 7.03. The van der Waals surface area contributed by atoms with Gasteiger partial charge >= 0.3 is 0 Å². The fourth-order valence-corrected chi connectivity index (χ4v) is 8.25. The molecule has 3 aromatic heterocycles. The van der Waals surface area contributed by atoms with Gasteiger partial charge < -0.3 is 4.42 Å². The molecule has 0 saturated heterocycles. The Labute approximate surface area is 354 Å². The standard InChI is InChI=1S/C57H37N3O/c1-5-15-38(16-6-1)40-25-29-42(30-26-40)50-37-51(60-57(59-50)47-35-27-41(28-36-47)39-17-7-2-8-18-39)43-31-33-46(34-32-43)55-52(44-19-9-3-10-20-44)53-48-23-13-14-24-49(48)58-54(56(53)61-55)45-21-11-4-12-22-45/h1-37H. The summed E-state index contributed by atoms with van der Waals surface area (Å²) >= 11 is 0. The minimum Gasteiger partial charge on any atom is -0.453 e. The molecular formula is C57H37N3O. The Morgan fingerprint density at radius 1 is 0.311 bits per heavy atom. The smallest absolute Gasteiger partial charge is 0.162 e. The molecule has 0 spiro atoms. The Morgan fingerprint density at radius 3 is 1.26 bits per heavy atom. The molecule has 0 unspecified atom stereocenters. The SMILES string of the molecule is c1ccc(-c2ccc(-c3cc(-c4ccc(-c5oc6c(-c7ccccc7)nc7ccccc7c6c5-c5ccccc5)cc4)nc(-c4ccc(-c5ccccc5)cc4)n3)cc2)cc1. The Morgan fingerprint density at radius 2 is 0.721 bits per heavy atom. The van der Waals surface area contributed by atoms with Gasteiger partial charge in [0.05, 0.1) is 16.9 Å². The number of rotatable bonds is 8. The Kier molecular flexibility index (Phi) is 9.14. The zero-order chi connectivity index (χ0) is 40.5. The van der Waals surface area contributed by atoms with E-state index in [1.54, 1.807) is 0 Å². The van der Waals surface area contributed by atoms with Crippen molar-refractivity contribution in [3.05, 3.63) is 224 Å². The van der Waals surface area contributed by atoms with Gasteiger partial charge in [0.15, 0.2) is 11.4 Å². The van der Waals surface area contributed by atoms with Gasteiger partial charge in [-0.3, -0.25) is 0 Å². The van der Waals surface area contributed by atoms with Crippen molar-refractivity contribution >= 4 is 21.9 Å². The van der Waals surface area contributed by atoms with Gasteiger partial charge in [0.1, 0.15) is 11.5 Å². The second kappa shape index (κ2) is 15.5. The molecule has 3 heterocycles. The van der Waals surface area contributed by atoms with Gasteiger partial charge in [-0.25, -0.2) is 15.0 Å². The number of aromatic nitrogens is 3. The molecule has 0 atom stereocenters. The Hall–Kier alpha value is -8.21. The Bertz CT molecular complexity index is 3190. The first-order valence-electron chi connectivity index (χ1n) is 20.5. The molecule has 4 heteroatoms. The molecule has 0 aliphatic heterocycles. The van der Waals surface area contributed by atoms with E-state index in [-0.39, 0.29) is 0 Å². The number of benzene rings is 8. The highest BCUT2D eigenvalue weighted by Gasteiger charge is 2.24. The summed E-state index contributed by atoms with van der Waals surface area (Å²) in [5.41, 5.74) is 15.9. The average Bonchev–Trinajstić information content (AvgIpc) is 3.76. The van der Waals surface area contributed by atoms with Crippen molar-refractivity contribution < 1.29 is 4.42 Å². The monoisotopic (exact) mass is 779 g/mol. The van der Waals surface area contributed by atoms with E-state index in [0.29, 0.717) is 5.82 Å². The van der Waals surface area contributed by atoms with E-state index < -0.39 is 0 Å². The van der Waals surface area contributed by atoms with E-state index in [9.17, 15) is 0 Å². The molecule has 0 aliphatic rings. The summed E-state index contributed by atoms with van der Waals surface area (Å²) in [5.74, 6) is 1.46. The van der Waals surface area contributed by atoms with Crippen LogP contribution in [0.25, 0.3) is 112 Å². The highest BCUT2D eigenvalue weighted by molar-refractivity contribution is 6.18. The molecule has 61 heavy (non-hydrogen) atoms. The fourth-order valence-electron chi connectivity index (χ4n) is 8.25. The van der Waals surface area contributed by atoms with Crippen LogP contribution >= 0.6 is 0 Å². The molecule has 0 bridgehead atoms. The van der Waals surface area contributed by atoms with Crippen molar-refractivity contribution in [2.75, 3.05) is 0 Å². The molecule has 0 N–H and O–H groups in total. The van der Waals surface area contributed by atoms with Crippen LogP contribution in [0.1, 0.15) is 0 Å². The maximum absolute atomic E-state index is 7.03. The molecule has 286 valence electrons. The zero-order valence-corrected chi connectivity index (χ0v) is 33.1. The summed E-state index contributed by atoms with van der Waals surface area (Å²) in [6.45, 7) is 0. The molecule has 11 aromatic rings. The second-order valence-electron chi connectivity index (χ2n) is 15.1. The first-order valence-corrected chi connectivity index (χ1v) is 20.5. The normalized spacial score (nSPS) is 11.3. The van der Waals surface area contributed by atoms with Crippen LogP contribution in [0, 0.1) is 0 Å². The lowest BCUT2D eigenvalue weighted by molar-refractivity contribution is 0.632. The lowest BCUT2D eigenvalue weighted by atomic mass is 9.95. The van der Waals surface area contributed by atoms with Crippen LogP contribution in [0.3, 0.4) is 0 Å². The van der Waals surface area contributed by atoms with Crippen LogP contribution in [0.4, 0.5) is 0 Å². The van der Waals surface area contributed by atoms with E-state index in [4.69, 9.17) is 19.4 Å². The molecule has 0 saturated carbocycles. The zero-order valence-electron chi connectivity index (χ0n) is 33.1. The molecule has 0 radical (unpaired) electrons. The van der Waals surface area contributed by atoms with Gasteiger partial charge in [0.2, 0.25) is 0 Å². The predicted octanol–water partition coefficient (Wildman–Crippen LogP) is 15.1. The number of furan rings is 1. The van der Waals surface area contributed by atoms with Crippen LogP contribution in [0.5, 0.6) is 0 Å². The number of fused-ring (bicyclic) bond motifs is 3. The molecule has 11 rings (SSSR count). The van der Waals surface area contributed by atoms with E-state index >= 15 is 0 Å². The number of nitrogens with zero attached hydrogens (tertiary/aromatic N) is 3. The Balaban J connectivity index is 1.04. The lowest BCUT2D eigenvalue weighted by Gasteiger charge is -2.11. The van der Waals surface area contributed by atoms with Crippen LogP contribution in [0.2, 0.25) is 0 Å². The number of hydrogen-bond donors (Lipinski definition) is 0. The summed E-state index contributed by atoms with van der Waals surface area (Å²) in [5, 5.41) is 2.11. The predicted molar refractivity (Wildman–Crippen MR) is 251 cm³/mol. The van der Waals surface area contributed by atoms with Crippen molar-refractivity contribution in [2.24, 2.45) is 0 Å². The topological polar surface area (TPSA) is 51.8 Å². The van der Waals surface area contributed by atoms with Crippen molar-refractivity contribution in [1.29, 1.82) is 0 Å². The molecule has 0 aliphatic carbocycles. The highest BCUT2D eigenvalue weighted by atomic mass is 16.3. The van der Waals surface area contributed by atoms with E-state index in [1.807, 2.05) is 36.4 Å². The van der Waals surface area contributed by atoms with Crippen molar-refractivity contribution in [1.82, 2.24) is 15.0 Å². The summed E-state index contributed by atoms with van der Waals surface area (Å²) in [6, 6.07) is 77.8. The maximum Gasteiger partial charge on any atom is 0.162 e. The van der Waals surface area contributed by atoms with Crippen LogP contribution in [-0.4, -0.2) is 15.0 Å². The van der Waals surface area contributed by atoms with Crippen molar-refractivity contribution in [2.45, 2.75) is 0 Å². The summed E-state index contributed by atoms with van der Waals surface area (Å²) in [7, 11) is 0. The minimum absolute atomic E-state index is 0.666. The highest BCUT2D eigenvalue weighted by Crippen LogP contribution is 2.46. The van der Waals surface area contributed by atoms with Crippen LogP contribution < -0.4 is 0 Å². The average molecular weight is 780 g/mol. The van der Waals surface area contributed by atoms with Gasteiger partial charge in [-0.2, -0.15) is 0 Å². The van der Waals surface area contributed by atoms with E-state index in [2.05, 4.69) is 188 Å². The van der Waals surface area contributed by atoms with Crippen LogP contribution in [-0.2, 0) is 0 Å². The number of hydrogen-bond acceptors (Lipinski definition) is 4. The molecule has 8 aromatic carbocycles. The van der Waals surface area contributed by atoms with Gasteiger partial charge in [-0.1, -0.05) is 212 Å². The van der Waals surface area contributed by atoms with Gasteiger partial charge in [0, 0.05) is 44.2 Å².